The van der Waals surface area contributed by atoms with Gasteiger partial charge in [-0.15, -0.1) is 0 Å². The minimum absolute atomic E-state index is 0.0459. The maximum atomic E-state index is 11.6. The van der Waals surface area contributed by atoms with Crippen LogP contribution in [0.2, 0.25) is 0 Å². The van der Waals surface area contributed by atoms with Crippen molar-refractivity contribution in [1.29, 1.82) is 0 Å². The van der Waals surface area contributed by atoms with E-state index in [0.717, 1.165) is 12.7 Å². The fourth-order valence-corrected chi connectivity index (χ4v) is 5.39. The number of carbonyl (C=O) groups is 1. The van der Waals surface area contributed by atoms with Crippen LogP contribution in [0.15, 0.2) is 11.8 Å². The molecule has 3 fully saturated rings. The van der Waals surface area contributed by atoms with Crippen LogP contribution >= 0.6 is 0 Å². The van der Waals surface area contributed by atoms with Gasteiger partial charge in [0.15, 0.2) is 12.6 Å². The Bertz CT molecular complexity index is 806. The van der Waals surface area contributed by atoms with E-state index in [9.17, 15) is 45.6 Å². The highest BCUT2D eigenvalue weighted by molar-refractivity contribution is 5.87. The number of aliphatic carboxylic acids is 1. The molecule has 3 heterocycles. The monoisotopic (exact) mass is 522 g/mol. The Morgan fingerprint density at radius 3 is 2.14 bits per heavy atom. The van der Waals surface area contributed by atoms with E-state index in [2.05, 4.69) is 0 Å². The minimum Gasteiger partial charge on any atom is -0.478 e. The average Bonchev–Trinajstić information content (AvgIpc) is 3.25. The second-order valence-electron chi connectivity index (χ2n) is 9.80. The molecule has 0 aromatic carbocycles. The predicted molar refractivity (Wildman–Crippen MR) is 113 cm³/mol. The van der Waals surface area contributed by atoms with E-state index >= 15 is 0 Å². The molecule has 14 atom stereocenters. The normalized spacial score (nSPS) is 49.2. The summed E-state index contributed by atoms with van der Waals surface area (Å²) in [6.45, 7) is 0.780. The second-order valence-corrected chi connectivity index (χ2v) is 9.80. The van der Waals surface area contributed by atoms with Crippen LogP contribution in [0, 0.1) is 17.8 Å². The molecule has 4 aliphatic rings. The van der Waals surface area contributed by atoms with E-state index in [1.807, 2.05) is 6.92 Å². The quantitative estimate of drug-likeness (QED) is 0.163. The summed E-state index contributed by atoms with van der Waals surface area (Å²) in [5, 5.41) is 79.9. The lowest BCUT2D eigenvalue weighted by molar-refractivity contribution is -0.354. The van der Waals surface area contributed by atoms with Crippen molar-refractivity contribution in [3.05, 3.63) is 11.8 Å². The highest BCUT2D eigenvalue weighted by Gasteiger charge is 2.51. The summed E-state index contributed by atoms with van der Waals surface area (Å²) in [5.41, 5.74) is 0.135. The fourth-order valence-electron chi connectivity index (χ4n) is 5.39. The Morgan fingerprint density at radius 2 is 1.50 bits per heavy atom. The predicted octanol–water partition coefficient (Wildman–Crippen LogP) is -3.39. The Morgan fingerprint density at radius 1 is 0.889 bits per heavy atom. The van der Waals surface area contributed by atoms with Crippen molar-refractivity contribution in [2.75, 3.05) is 13.2 Å². The molecule has 0 amide bonds. The first-order chi connectivity index (χ1) is 17.0. The van der Waals surface area contributed by atoms with Gasteiger partial charge in [-0.25, -0.2) is 4.79 Å². The lowest BCUT2D eigenvalue weighted by atomic mass is 9.83. The molecule has 0 aromatic rings. The van der Waals surface area contributed by atoms with Crippen molar-refractivity contribution in [1.82, 2.24) is 0 Å². The van der Waals surface area contributed by atoms with Gasteiger partial charge in [-0.05, 0) is 18.8 Å². The summed E-state index contributed by atoms with van der Waals surface area (Å²) in [7, 11) is 0. The largest absolute Gasteiger partial charge is 0.478 e. The van der Waals surface area contributed by atoms with E-state index in [-0.39, 0.29) is 23.3 Å². The number of carboxylic acid groups (broad SMARTS) is 1. The first-order valence-corrected chi connectivity index (χ1v) is 11.9. The lowest BCUT2D eigenvalue weighted by Crippen LogP contribution is -2.62. The standard InChI is InChI=1S/C22H34O14/c1-7-2-3-8-9(19(30)31)5-32-20(12(7)8)36-22-18(29)16(27)14(25)11(35-22)6-33-21-17(28)15(26)13(24)10(4-23)34-21/h5,7-8,10-18,20-29H,2-4,6H2,1H3,(H,30,31)/t7?,8?,10-,11-,12?,13-,14-,15+,16+,17-,18-,20+,21-,22+/m1/s1. The van der Waals surface area contributed by atoms with Gasteiger partial charge in [0.1, 0.15) is 48.8 Å². The first kappa shape index (κ1) is 27.6. The van der Waals surface area contributed by atoms with E-state index in [1.54, 1.807) is 0 Å². The van der Waals surface area contributed by atoms with Crippen molar-refractivity contribution in [3.63, 3.8) is 0 Å². The van der Waals surface area contributed by atoms with Gasteiger partial charge in [0.2, 0.25) is 6.29 Å². The Labute approximate surface area is 206 Å². The van der Waals surface area contributed by atoms with E-state index in [4.69, 9.17) is 23.7 Å². The first-order valence-electron chi connectivity index (χ1n) is 11.9. The highest BCUT2D eigenvalue weighted by atomic mass is 16.8. The molecule has 36 heavy (non-hydrogen) atoms. The number of fused-ring (bicyclic) bond motifs is 1. The summed E-state index contributed by atoms with van der Waals surface area (Å²) in [6.07, 6.45) is -13.9. The number of carboxylic acids is 1. The van der Waals surface area contributed by atoms with Crippen molar-refractivity contribution in [2.24, 2.45) is 17.8 Å². The smallest absolute Gasteiger partial charge is 0.334 e. The van der Waals surface area contributed by atoms with E-state index in [0.29, 0.717) is 6.42 Å². The molecule has 1 aliphatic carbocycles. The van der Waals surface area contributed by atoms with E-state index < -0.39 is 86.9 Å². The summed E-state index contributed by atoms with van der Waals surface area (Å²) < 4.78 is 27.7. The fraction of sp³-hybridized carbons (Fsp3) is 0.864. The Hall–Kier alpha value is -1.43. The van der Waals surface area contributed by atoms with Crippen molar-refractivity contribution in [2.45, 2.75) is 87.5 Å². The molecule has 2 saturated heterocycles. The summed E-state index contributed by atoms with van der Waals surface area (Å²) in [6, 6.07) is 0. The maximum Gasteiger partial charge on any atom is 0.334 e. The molecule has 3 aliphatic heterocycles. The summed E-state index contributed by atoms with van der Waals surface area (Å²) in [5.74, 6) is -1.71. The van der Waals surface area contributed by atoms with Crippen LogP contribution in [0.3, 0.4) is 0 Å². The van der Waals surface area contributed by atoms with Crippen LogP contribution in [-0.2, 0) is 28.5 Å². The number of hydrogen-bond donors (Lipinski definition) is 8. The Kier molecular flexibility index (Phi) is 8.53. The molecule has 4 rings (SSSR count). The number of hydrogen-bond acceptors (Lipinski definition) is 13. The molecule has 3 unspecified atom stereocenters. The van der Waals surface area contributed by atoms with Gasteiger partial charge in [-0.2, -0.15) is 0 Å². The van der Waals surface area contributed by atoms with Gasteiger partial charge in [-0.3, -0.25) is 0 Å². The van der Waals surface area contributed by atoms with Gasteiger partial charge in [0.05, 0.1) is 25.0 Å². The van der Waals surface area contributed by atoms with Gasteiger partial charge in [0.25, 0.3) is 0 Å². The van der Waals surface area contributed by atoms with E-state index in [1.165, 1.54) is 0 Å². The van der Waals surface area contributed by atoms with Crippen molar-refractivity contribution >= 4 is 5.97 Å². The van der Waals surface area contributed by atoms with Crippen LogP contribution in [0.5, 0.6) is 0 Å². The molecule has 206 valence electrons. The van der Waals surface area contributed by atoms with Gasteiger partial charge < -0.3 is 64.5 Å². The molecule has 14 heteroatoms. The minimum atomic E-state index is -1.71. The summed E-state index contributed by atoms with van der Waals surface area (Å²) in [4.78, 5) is 11.6. The SMILES string of the molecule is CC1CCC2C(C(=O)O)=CO[C@@H](O[C@@H]3O[C@H](CO[C@@H]4O[C@H](CO)[C@@H](O)[C@H](O)[C@H]4O)[C@@H](O)[C@H](O)[C@H]3O)C12. The zero-order valence-corrected chi connectivity index (χ0v) is 19.5. The molecule has 0 radical (unpaired) electrons. The number of ether oxygens (including phenoxy) is 5. The third-order valence-electron chi connectivity index (χ3n) is 7.55. The van der Waals surface area contributed by atoms with Crippen molar-refractivity contribution < 1.29 is 69.3 Å². The molecule has 0 aromatic heterocycles. The molecule has 14 nitrogen and oxygen atoms in total. The van der Waals surface area contributed by atoms with Gasteiger partial charge >= 0.3 is 5.97 Å². The van der Waals surface area contributed by atoms with Gasteiger partial charge in [-0.1, -0.05) is 6.92 Å². The van der Waals surface area contributed by atoms with Gasteiger partial charge in [0, 0.05) is 11.8 Å². The zero-order valence-electron chi connectivity index (χ0n) is 19.5. The lowest BCUT2D eigenvalue weighted by Gasteiger charge is -2.44. The third kappa shape index (κ3) is 5.13. The number of aliphatic hydroxyl groups is 7. The molecular formula is C22H34O14. The van der Waals surface area contributed by atoms with Crippen LogP contribution in [-0.4, -0.2) is 128 Å². The van der Waals surface area contributed by atoms with Crippen LogP contribution in [0.25, 0.3) is 0 Å². The van der Waals surface area contributed by atoms with Crippen LogP contribution in [0.1, 0.15) is 19.8 Å². The highest BCUT2D eigenvalue weighted by Crippen LogP contribution is 2.47. The average molecular weight is 523 g/mol. The second kappa shape index (κ2) is 11.1. The Balaban J connectivity index is 1.42. The maximum absolute atomic E-state index is 11.6. The number of rotatable bonds is 7. The summed E-state index contributed by atoms with van der Waals surface area (Å²) >= 11 is 0. The number of aliphatic hydroxyl groups excluding tert-OH is 7. The topological polar surface area (TPSA) is 225 Å². The molecule has 1 saturated carbocycles. The van der Waals surface area contributed by atoms with Crippen LogP contribution < -0.4 is 0 Å². The zero-order chi connectivity index (χ0) is 26.3. The molecule has 8 N–H and O–H groups in total. The van der Waals surface area contributed by atoms with Crippen LogP contribution in [0.4, 0.5) is 0 Å². The van der Waals surface area contributed by atoms with Crippen molar-refractivity contribution in [3.8, 4) is 0 Å². The third-order valence-corrected chi connectivity index (χ3v) is 7.55. The molecular weight excluding hydrogens is 488 g/mol. The molecule has 0 spiro atoms. The molecule has 0 bridgehead atoms.